The van der Waals surface area contributed by atoms with Crippen molar-refractivity contribution < 1.29 is 19.1 Å². The van der Waals surface area contributed by atoms with Crippen molar-refractivity contribution in [2.24, 2.45) is 0 Å². The van der Waals surface area contributed by atoms with Gasteiger partial charge in [-0.25, -0.2) is 14.4 Å². The number of nitrogens with zero attached hydrogens (tertiary/aromatic N) is 1. The summed E-state index contributed by atoms with van der Waals surface area (Å²) >= 11 is 0. The van der Waals surface area contributed by atoms with Crippen molar-refractivity contribution in [3.05, 3.63) is 70.9 Å². The third kappa shape index (κ3) is 5.57. The Hall–Kier alpha value is -3.81. The average molecular weight is 465 g/mol. The number of amides is 4. The molecule has 1 heterocycles. The van der Waals surface area contributed by atoms with Crippen molar-refractivity contribution >= 4 is 29.4 Å². The fraction of sp³-hybridized carbons (Fsp3) is 0.346. The third-order valence-electron chi connectivity index (χ3n) is 5.79. The van der Waals surface area contributed by atoms with Gasteiger partial charge in [0.05, 0.1) is 18.7 Å². The maximum absolute atomic E-state index is 12.6. The molecule has 0 spiro atoms. The quantitative estimate of drug-likeness (QED) is 0.479. The van der Waals surface area contributed by atoms with E-state index in [4.69, 9.17) is 4.74 Å². The summed E-state index contributed by atoms with van der Waals surface area (Å²) in [6.07, 6.45) is 0.758. The molecule has 0 saturated heterocycles. The van der Waals surface area contributed by atoms with Gasteiger partial charge < -0.3 is 20.7 Å². The smallest absolute Gasteiger partial charge is 0.337 e. The highest BCUT2D eigenvalue weighted by atomic mass is 16.5. The molecule has 0 aromatic heterocycles. The number of methoxy groups -OCH3 is 1. The number of urea groups is 2. The molecule has 1 aliphatic rings. The summed E-state index contributed by atoms with van der Waals surface area (Å²) in [5.41, 5.74) is 4.15. The molecule has 2 aromatic carbocycles. The normalized spacial score (nSPS) is 15.8. The van der Waals surface area contributed by atoms with Crippen LogP contribution in [0.25, 0.3) is 0 Å². The van der Waals surface area contributed by atoms with Crippen LogP contribution in [0.2, 0.25) is 0 Å². The molecule has 1 aliphatic heterocycles. The van der Waals surface area contributed by atoms with E-state index >= 15 is 0 Å². The van der Waals surface area contributed by atoms with E-state index < -0.39 is 12.0 Å². The van der Waals surface area contributed by atoms with Crippen molar-refractivity contribution in [1.82, 2.24) is 10.2 Å². The number of carbonyl (C=O) groups excluding carboxylic acids is 3. The van der Waals surface area contributed by atoms with Crippen LogP contribution in [0.3, 0.4) is 0 Å². The van der Waals surface area contributed by atoms with Crippen molar-refractivity contribution in [1.29, 1.82) is 0 Å². The summed E-state index contributed by atoms with van der Waals surface area (Å²) in [4.78, 5) is 39.1. The van der Waals surface area contributed by atoms with Crippen LogP contribution in [0, 0.1) is 0 Å². The molecule has 180 valence electrons. The Morgan fingerprint density at radius 3 is 2.09 bits per heavy atom. The van der Waals surface area contributed by atoms with E-state index in [1.807, 2.05) is 31.2 Å². The highest BCUT2D eigenvalue weighted by Gasteiger charge is 2.35. The average Bonchev–Trinajstić information content (AvgIpc) is 2.81. The topological polar surface area (TPSA) is 99.8 Å². The van der Waals surface area contributed by atoms with Gasteiger partial charge in [-0.2, -0.15) is 0 Å². The number of rotatable bonds is 7. The second-order valence-electron chi connectivity index (χ2n) is 8.50. The highest BCUT2D eigenvalue weighted by molar-refractivity contribution is 6.00. The van der Waals surface area contributed by atoms with Gasteiger partial charge in [-0.1, -0.05) is 45.0 Å². The lowest BCUT2D eigenvalue weighted by atomic mass is 9.94. The highest BCUT2D eigenvalue weighted by Crippen LogP contribution is 2.32. The molecule has 3 N–H and O–H groups in total. The van der Waals surface area contributed by atoms with Crippen LogP contribution < -0.4 is 16.0 Å². The minimum Gasteiger partial charge on any atom is -0.466 e. The fourth-order valence-electron chi connectivity index (χ4n) is 3.90. The van der Waals surface area contributed by atoms with E-state index in [9.17, 15) is 14.4 Å². The number of ether oxygens (including phenoxy) is 1. The summed E-state index contributed by atoms with van der Waals surface area (Å²) in [6, 6.07) is 13.4. The van der Waals surface area contributed by atoms with E-state index in [1.54, 1.807) is 36.1 Å². The van der Waals surface area contributed by atoms with Gasteiger partial charge in [0.1, 0.15) is 0 Å². The monoisotopic (exact) mass is 464 g/mol. The van der Waals surface area contributed by atoms with E-state index in [-0.39, 0.29) is 12.1 Å². The molecule has 0 unspecified atom stereocenters. The summed E-state index contributed by atoms with van der Waals surface area (Å²) in [7, 11) is 1.32. The first-order chi connectivity index (χ1) is 16.2. The number of nitrogens with one attached hydrogen (secondary N) is 3. The Morgan fingerprint density at radius 2 is 1.59 bits per heavy atom. The van der Waals surface area contributed by atoms with E-state index in [2.05, 4.69) is 29.8 Å². The Bertz CT molecular complexity index is 1070. The summed E-state index contributed by atoms with van der Waals surface area (Å²) in [5.74, 6) is -0.0722. The molecule has 0 aliphatic carbocycles. The molecule has 0 bridgehead atoms. The molecule has 0 saturated carbocycles. The van der Waals surface area contributed by atoms with Crippen molar-refractivity contribution in [3.8, 4) is 0 Å². The van der Waals surface area contributed by atoms with Gasteiger partial charge in [0.25, 0.3) is 0 Å². The van der Waals surface area contributed by atoms with Gasteiger partial charge in [0.15, 0.2) is 0 Å². The van der Waals surface area contributed by atoms with E-state index in [0.717, 1.165) is 6.42 Å². The minimum atomic E-state index is -0.643. The molecule has 1 atom stereocenters. The second kappa shape index (κ2) is 10.9. The molecule has 0 fully saturated rings. The predicted octanol–water partition coefficient (Wildman–Crippen LogP) is 5.38. The molecule has 3 rings (SSSR count). The first-order valence-electron chi connectivity index (χ1n) is 11.4. The molecule has 8 heteroatoms. The first-order valence-corrected chi connectivity index (χ1v) is 11.4. The Labute approximate surface area is 200 Å². The first kappa shape index (κ1) is 24.8. The molecule has 4 amide bonds. The molecule has 2 aromatic rings. The Balaban J connectivity index is 1.74. The third-order valence-corrected chi connectivity index (χ3v) is 5.79. The van der Waals surface area contributed by atoms with Crippen LogP contribution in [0.5, 0.6) is 0 Å². The lowest BCUT2D eigenvalue weighted by Gasteiger charge is -2.35. The SMILES string of the molecule is CCCN1C(=O)N[C@H](c2ccc(NC(=O)Nc3ccc(C(C)C)cc3)cc2)C(C(=O)OC)=C1C. The van der Waals surface area contributed by atoms with Crippen LogP contribution in [0.1, 0.15) is 57.2 Å². The van der Waals surface area contributed by atoms with Crippen LogP contribution in [-0.4, -0.2) is 36.6 Å². The van der Waals surface area contributed by atoms with Crippen molar-refractivity contribution in [3.63, 3.8) is 0 Å². The Morgan fingerprint density at radius 1 is 1.03 bits per heavy atom. The number of benzene rings is 2. The van der Waals surface area contributed by atoms with Crippen LogP contribution in [-0.2, 0) is 9.53 Å². The van der Waals surface area contributed by atoms with E-state index in [1.165, 1.54) is 12.7 Å². The zero-order chi connectivity index (χ0) is 24.8. The largest absolute Gasteiger partial charge is 0.466 e. The lowest BCUT2D eigenvalue weighted by molar-refractivity contribution is -0.136. The summed E-state index contributed by atoms with van der Waals surface area (Å²) < 4.78 is 4.99. The second-order valence-corrected chi connectivity index (χ2v) is 8.50. The van der Waals surface area contributed by atoms with Crippen LogP contribution >= 0.6 is 0 Å². The van der Waals surface area contributed by atoms with Crippen molar-refractivity contribution in [2.75, 3.05) is 24.3 Å². The molecular weight excluding hydrogens is 432 g/mol. The van der Waals surface area contributed by atoms with E-state index in [0.29, 0.717) is 40.7 Å². The van der Waals surface area contributed by atoms with Gasteiger partial charge in [0, 0.05) is 23.6 Å². The Kier molecular flexibility index (Phi) is 7.94. The number of hydrogen-bond acceptors (Lipinski definition) is 4. The fourth-order valence-corrected chi connectivity index (χ4v) is 3.90. The lowest BCUT2D eigenvalue weighted by Crippen LogP contribution is -2.48. The number of hydrogen-bond donors (Lipinski definition) is 3. The minimum absolute atomic E-state index is 0.262. The zero-order valence-corrected chi connectivity index (χ0v) is 20.3. The van der Waals surface area contributed by atoms with Crippen LogP contribution in [0.4, 0.5) is 21.0 Å². The van der Waals surface area contributed by atoms with Gasteiger partial charge in [-0.15, -0.1) is 0 Å². The molecule has 0 radical (unpaired) electrons. The number of allylic oxidation sites excluding steroid dienone is 1. The predicted molar refractivity (Wildman–Crippen MR) is 133 cm³/mol. The number of anilines is 2. The molecule has 34 heavy (non-hydrogen) atoms. The summed E-state index contributed by atoms with van der Waals surface area (Å²) in [5, 5.41) is 8.50. The zero-order valence-electron chi connectivity index (χ0n) is 20.3. The standard InChI is InChI=1S/C26H32N4O4/c1-6-15-30-17(4)22(24(31)34-5)23(29-26(30)33)19-9-13-21(14-10-19)28-25(32)27-20-11-7-18(8-12-20)16(2)3/h7-14,16,23H,6,15H2,1-5H3,(H,29,33)(H2,27,28,32)/t23-/m1/s1. The maximum atomic E-state index is 12.6. The summed E-state index contributed by atoms with van der Waals surface area (Å²) in [6.45, 7) is 8.45. The van der Waals surface area contributed by atoms with Crippen molar-refractivity contribution in [2.45, 2.75) is 46.1 Å². The van der Waals surface area contributed by atoms with Crippen LogP contribution in [0.15, 0.2) is 59.8 Å². The molecule has 8 nitrogen and oxygen atoms in total. The maximum Gasteiger partial charge on any atom is 0.337 e. The van der Waals surface area contributed by atoms with Gasteiger partial charge in [-0.05, 0) is 54.7 Å². The number of carbonyl (C=O) groups is 3. The number of esters is 1. The molecular formula is C26H32N4O4. The van der Waals surface area contributed by atoms with Gasteiger partial charge in [-0.3, -0.25) is 4.90 Å². The van der Waals surface area contributed by atoms with Gasteiger partial charge >= 0.3 is 18.0 Å². The van der Waals surface area contributed by atoms with Gasteiger partial charge in [0.2, 0.25) is 0 Å².